The summed E-state index contributed by atoms with van der Waals surface area (Å²) in [4.78, 5) is 51.5. The number of hydrogen-bond acceptors (Lipinski definition) is 6. The number of thiophene rings is 1. The van der Waals surface area contributed by atoms with Crippen LogP contribution in [-0.4, -0.2) is 52.8 Å². The summed E-state index contributed by atoms with van der Waals surface area (Å²) in [5.74, 6) is -1.72. The quantitative estimate of drug-likeness (QED) is 0.402. The van der Waals surface area contributed by atoms with E-state index in [1.807, 2.05) is 6.07 Å². The molecule has 1 atom stereocenters. The fourth-order valence-electron chi connectivity index (χ4n) is 3.94. The van der Waals surface area contributed by atoms with Crippen LogP contribution in [0.15, 0.2) is 58.5 Å². The molecule has 186 valence electrons. The second-order valence-corrected chi connectivity index (χ2v) is 9.29. The zero-order chi connectivity index (χ0) is 25.7. The van der Waals surface area contributed by atoms with Gasteiger partial charge in [0.2, 0.25) is 5.91 Å². The van der Waals surface area contributed by atoms with Crippen LogP contribution in [0.3, 0.4) is 0 Å². The number of carboxylic acids is 1. The van der Waals surface area contributed by atoms with E-state index in [9.17, 15) is 24.3 Å². The standard InChI is InChI=1S/C26H25N3O6S/c1-16-12-18-15-29(23(30)7-6-19-4-2-10-35-19)9-8-17(18)13-20(16)24(31)28-21(26(33)34)14-27-25(32)22-5-3-11-36-22/h2-7,10-13,21H,8-9,14-15H2,1H3,(H,27,32)(H,28,31)(H,33,34)/b7-6+/t21-/m0/s1. The zero-order valence-electron chi connectivity index (χ0n) is 19.5. The molecule has 9 nitrogen and oxygen atoms in total. The third kappa shape index (κ3) is 5.89. The first-order chi connectivity index (χ1) is 17.3. The number of rotatable bonds is 8. The Hall–Kier alpha value is -4.18. The number of aryl methyl sites for hydroxylation is 1. The van der Waals surface area contributed by atoms with E-state index in [1.54, 1.807) is 53.6 Å². The number of amides is 3. The molecule has 0 aliphatic carbocycles. The van der Waals surface area contributed by atoms with E-state index in [1.165, 1.54) is 23.7 Å². The Morgan fingerprint density at radius 3 is 2.69 bits per heavy atom. The van der Waals surface area contributed by atoms with Gasteiger partial charge in [-0.3, -0.25) is 14.4 Å². The summed E-state index contributed by atoms with van der Waals surface area (Å²) in [5, 5.41) is 16.3. The number of carbonyl (C=O) groups is 4. The van der Waals surface area contributed by atoms with Gasteiger partial charge in [-0.25, -0.2) is 4.79 Å². The van der Waals surface area contributed by atoms with Gasteiger partial charge in [-0.1, -0.05) is 12.1 Å². The molecule has 3 heterocycles. The molecule has 1 aliphatic heterocycles. The number of nitrogens with zero attached hydrogens (tertiary/aromatic N) is 1. The van der Waals surface area contributed by atoms with Crippen LogP contribution in [-0.2, 0) is 22.6 Å². The Balaban J connectivity index is 1.40. The van der Waals surface area contributed by atoms with E-state index in [2.05, 4.69) is 10.6 Å². The monoisotopic (exact) mass is 507 g/mol. The second-order valence-electron chi connectivity index (χ2n) is 8.35. The maximum atomic E-state index is 12.9. The van der Waals surface area contributed by atoms with Crippen molar-refractivity contribution >= 4 is 41.1 Å². The number of nitrogens with one attached hydrogen (secondary N) is 2. The van der Waals surface area contributed by atoms with E-state index in [4.69, 9.17) is 4.42 Å². The molecule has 3 amide bonds. The predicted molar refractivity (Wildman–Crippen MR) is 134 cm³/mol. The number of aliphatic carboxylic acids is 1. The highest BCUT2D eigenvalue weighted by molar-refractivity contribution is 7.12. The first-order valence-corrected chi connectivity index (χ1v) is 12.2. The molecule has 10 heteroatoms. The minimum atomic E-state index is -1.29. The highest BCUT2D eigenvalue weighted by Gasteiger charge is 2.25. The molecular weight excluding hydrogens is 482 g/mol. The van der Waals surface area contributed by atoms with Crippen molar-refractivity contribution < 1.29 is 28.7 Å². The normalized spacial score (nSPS) is 13.8. The molecule has 0 bridgehead atoms. The fourth-order valence-corrected chi connectivity index (χ4v) is 4.58. The third-order valence-corrected chi connectivity index (χ3v) is 6.73. The average molecular weight is 508 g/mol. The maximum absolute atomic E-state index is 12.9. The van der Waals surface area contributed by atoms with E-state index in [0.29, 0.717) is 41.3 Å². The third-order valence-electron chi connectivity index (χ3n) is 5.86. The molecule has 3 aromatic rings. The summed E-state index contributed by atoms with van der Waals surface area (Å²) in [7, 11) is 0. The van der Waals surface area contributed by atoms with Crippen molar-refractivity contribution in [2.45, 2.75) is 25.9 Å². The minimum Gasteiger partial charge on any atom is -0.480 e. The van der Waals surface area contributed by atoms with Gasteiger partial charge < -0.3 is 25.1 Å². The van der Waals surface area contributed by atoms with Gasteiger partial charge in [-0.15, -0.1) is 11.3 Å². The summed E-state index contributed by atoms with van der Waals surface area (Å²) in [6.07, 6.45) is 5.20. The van der Waals surface area contributed by atoms with Gasteiger partial charge in [-0.05, 0) is 65.8 Å². The molecule has 0 radical (unpaired) electrons. The van der Waals surface area contributed by atoms with Crippen molar-refractivity contribution in [3.63, 3.8) is 0 Å². The van der Waals surface area contributed by atoms with Crippen LogP contribution in [0.1, 0.15) is 42.5 Å². The molecule has 0 unspecified atom stereocenters. The van der Waals surface area contributed by atoms with Crippen LogP contribution < -0.4 is 10.6 Å². The second kappa shape index (κ2) is 11.0. The lowest BCUT2D eigenvalue weighted by Crippen LogP contribution is -2.48. The average Bonchev–Trinajstić information content (AvgIpc) is 3.58. The fraction of sp³-hybridized carbons (Fsp3) is 0.231. The van der Waals surface area contributed by atoms with Gasteiger partial charge in [0, 0.05) is 31.3 Å². The molecular formula is C26H25N3O6S. The van der Waals surface area contributed by atoms with Gasteiger partial charge in [0.05, 0.1) is 11.1 Å². The summed E-state index contributed by atoms with van der Waals surface area (Å²) in [5.41, 5.74) is 2.90. The molecule has 1 aliphatic rings. The van der Waals surface area contributed by atoms with Gasteiger partial charge in [0.1, 0.15) is 11.8 Å². The highest BCUT2D eigenvalue weighted by Crippen LogP contribution is 2.24. The van der Waals surface area contributed by atoms with Crippen LogP contribution in [0, 0.1) is 6.92 Å². The van der Waals surface area contributed by atoms with E-state index in [-0.39, 0.29) is 12.5 Å². The highest BCUT2D eigenvalue weighted by atomic mass is 32.1. The van der Waals surface area contributed by atoms with Crippen LogP contribution in [0.4, 0.5) is 0 Å². The number of hydrogen-bond donors (Lipinski definition) is 3. The van der Waals surface area contributed by atoms with Crippen LogP contribution in [0.25, 0.3) is 6.08 Å². The largest absolute Gasteiger partial charge is 0.480 e. The number of benzene rings is 1. The Morgan fingerprint density at radius 1 is 1.17 bits per heavy atom. The van der Waals surface area contributed by atoms with E-state index < -0.39 is 23.8 Å². The lowest BCUT2D eigenvalue weighted by Gasteiger charge is -2.29. The van der Waals surface area contributed by atoms with Crippen molar-refractivity contribution in [2.24, 2.45) is 0 Å². The van der Waals surface area contributed by atoms with Crippen molar-refractivity contribution in [2.75, 3.05) is 13.1 Å². The van der Waals surface area contributed by atoms with Crippen molar-refractivity contribution in [1.82, 2.24) is 15.5 Å². The molecule has 0 fully saturated rings. The topological polar surface area (TPSA) is 129 Å². The first kappa shape index (κ1) is 24.9. The van der Waals surface area contributed by atoms with E-state index >= 15 is 0 Å². The predicted octanol–water partition coefficient (Wildman–Crippen LogP) is 2.86. The van der Waals surface area contributed by atoms with Crippen molar-refractivity contribution in [3.8, 4) is 0 Å². The van der Waals surface area contributed by atoms with Crippen molar-refractivity contribution in [3.05, 3.63) is 87.0 Å². The molecule has 0 saturated heterocycles. The number of furan rings is 1. The number of fused-ring (bicyclic) bond motifs is 1. The molecule has 0 spiro atoms. The zero-order valence-corrected chi connectivity index (χ0v) is 20.3. The van der Waals surface area contributed by atoms with Gasteiger partial charge in [0.25, 0.3) is 11.8 Å². The summed E-state index contributed by atoms with van der Waals surface area (Å²) in [6.45, 7) is 2.42. The van der Waals surface area contributed by atoms with Gasteiger partial charge in [0.15, 0.2) is 0 Å². The van der Waals surface area contributed by atoms with Crippen LogP contribution >= 0.6 is 11.3 Å². The van der Waals surface area contributed by atoms with Crippen LogP contribution in [0.2, 0.25) is 0 Å². The Kier molecular flexibility index (Phi) is 7.65. The lowest BCUT2D eigenvalue weighted by atomic mass is 9.93. The molecule has 3 N–H and O–H groups in total. The maximum Gasteiger partial charge on any atom is 0.328 e. The molecule has 4 rings (SSSR count). The van der Waals surface area contributed by atoms with Crippen molar-refractivity contribution in [1.29, 1.82) is 0 Å². The lowest BCUT2D eigenvalue weighted by molar-refractivity contribution is -0.139. The molecule has 36 heavy (non-hydrogen) atoms. The number of carboxylic acid groups (broad SMARTS) is 1. The van der Waals surface area contributed by atoms with E-state index in [0.717, 1.165) is 11.1 Å². The van der Waals surface area contributed by atoms with Gasteiger partial charge >= 0.3 is 5.97 Å². The Morgan fingerprint density at radius 2 is 2.00 bits per heavy atom. The number of carbonyl (C=O) groups excluding carboxylic acids is 3. The minimum absolute atomic E-state index is 0.134. The SMILES string of the molecule is Cc1cc2c(cc1C(=O)N[C@@H](CNC(=O)c1cccs1)C(=O)O)CCN(C(=O)/C=C/c1ccco1)C2. The van der Waals surface area contributed by atoms with Crippen LogP contribution in [0.5, 0.6) is 0 Å². The molecule has 2 aromatic heterocycles. The smallest absolute Gasteiger partial charge is 0.328 e. The summed E-state index contributed by atoms with van der Waals surface area (Å²) >= 11 is 1.24. The molecule has 0 saturated carbocycles. The summed E-state index contributed by atoms with van der Waals surface area (Å²) < 4.78 is 5.21. The molecule has 1 aromatic carbocycles. The first-order valence-electron chi connectivity index (χ1n) is 11.3. The Labute approximate surface area is 211 Å². The Bertz CT molecular complexity index is 1300. The summed E-state index contributed by atoms with van der Waals surface area (Å²) in [6, 6.07) is 9.19. The van der Waals surface area contributed by atoms with Gasteiger partial charge in [-0.2, -0.15) is 0 Å².